The molecule has 10 heteroatoms. The number of fused-ring (bicyclic) bond motifs is 1. The lowest BCUT2D eigenvalue weighted by Gasteiger charge is -2.45. The van der Waals surface area contributed by atoms with Gasteiger partial charge in [-0.1, -0.05) is 66.2 Å². The zero-order valence-electron chi connectivity index (χ0n) is 19.3. The SMILES string of the molecule is O=C(O)C(Cc1ccc2c(c1)CCN2C(=O)c1cc(Cl)nc(Cl)c1)NC1=C(Cl)C(=O)C12CCCCC2. The zero-order valence-corrected chi connectivity index (χ0v) is 21.6. The van der Waals surface area contributed by atoms with Crippen molar-refractivity contribution in [3.8, 4) is 0 Å². The number of nitrogens with one attached hydrogen (secondary N) is 1. The van der Waals surface area contributed by atoms with Crippen LogP contribution in [0.4, 0.5) is 5.69 Å². The standard InChI is InChI=1S/C26H24Cl3N3O4/c27-19-12-16(13-20(28)31-19)24(34)32-9-6-15-10-14(4-5-18(15)32)11-17(25(35)36)30-22-21(29)23(33)26(22)7-2-1-3-8-26/h4-5,10,12-13,17,30H,1-3,6-9,11H2,(H,35,36). The predicted octanol–water partition coefficient (Wildman–Crippen LogP) is 5.16. The van der Waals surface area contributed by atoms with Gasteiger partial charge >= 0.3 is 5.97 Å². The molecule has 36 heavy (non-hydrogen) atoms. The van der Waals surface area contributed by atoms with E-state index in [4.69, 9.17) is 34.8 Å². The average molecular weight is 549 g/mol. The molecule has 3 aliphatic rings. The van der Waals surface area contributed by atoms with E-state index in [1.165, 1.54) is 12.1 Å². The number of ketones is 1. The first-order chi connectivity index (χ1) is 17.2. The van der Waals surface area contributed by atoms with E-state index >= 15 is 0 Å². The van der Waals surface area contributed by atoms with Gasteiger partial charge in [0.2, 0.25) is 0 Å². The van der Waals surface area contributed by atoms with Gasteiger partial charge in [0.05, 0.1) is 5.41 Å². The summed E-state index contributed by atoms with van der Waals surface area (Å²) < 4.78 is 0. The van der Waals surface area contributed by atoms with Crippen LogP contribution in [-0.2, 0) is 22.4 Å². The van der Waals surface area contributed by atoms with Crippen LogP contribution in [0.1, 0.15) is 53.6 Å². The fourth-order valence-electron chi connectivity index (χ4n) is 5.57. The lowest BCUT2D eigenvalue weighted by molar-refractivity contribution is -0.140. The Morgan fingerprint density at radius 3 is 2.44 bits per heavy atom. The van der Waals surface area contributed by atoms with Crippen LogP contribution in [0.2, 0.25) is 10.3 Å². The Morgan fingerprint density at radius 1 is 1.08 bits per heavy atom. The molecule has 1 amide bonds. The van der Waals surface area contributed by atoms with Crippen LogP contribution in [0.5, 0.6) is 0 Å². The van der Waals surface area contributed by atoms with E-state index in [0.29, 0.717) is 37.1 Å². The minimum atomic E-state index is -1.01. The van der Waals surface area contributed by atoms with E-state index in [1.807, 2.05) is 18.2 Å². The second kappa shape index (κ2) is 9.69. The molecule has 1 aromatic heterocycles. The predicted molar refractivity (Wildman–Crippen MR) is 138 cm³/mol. The molecule has 188 valence electrons. The van der Waals surface area contributed by atoms with Crippen molar-refractivity contribution in [3.63, 3.8) is 0 Å². The summed E-state index contributed by atoms with van der Waals surface area (Å²) >= 11 is 18.2. The van der Waals surface area contributed by atoms with E-state index < -0.39 is 17.4 Å². The monoisotopic (exact) mass is 547 g/mol. The second-order valence-corrected chi connectivity index (χ2v) is 10.7. The van der Waals surface area contributed by atoms with Crippen molar-refractivity contribution in [2.75, 3.05) is 11.4 Å². The van der Waals surface area contributed by atoms with E-state index in [-0.39, 0.29) is 33.4 Å². The van der Waals surface area contributed by atoms with Gasteiger partial charge in [0.1, 0.15) is 21.4 Å². The number of hydrogen-bond acceptors (Lipinski definition) is 5. The highest BCUT2D eigenvalue weighted by Gasteiger charge is 2.54. The van der Waals surface area contributed by atoms with Gasteiger partial charge in [-0.05, 0) is 48.6 Å². The molecule has 1 saturated carbocycles. The maximum atomic E-state index is 13.1. The third kappa shape index (κ3) is 4.38. The van der Waals surface area contributed by atoms with Crippen molar-refractivity contribution in [2.24, 2.45) is 5.41 Å². The number of amides is 1. The van der Waals surface area contributed by atoms with Crippen molar-refractivity contribution in [3.05, 3.63) is 68.1 Å². The molecule has 0 bridgehead atoms. The van der Waals surface area contributed by atoms with Gasteiger partial charge in [-0.25, -0.2) is 9.78 Å². The van der Waals surface area contributed by atoms with Gasteiger partial charge in [-0.2, -0.15) is 0 Å². The van der Waals surface area contributed by atoms with Crippen LogP contribution in [0, 0.1) is 5.41 Å². The maximum absolute atomic E-state index is 13.1. The average Bonchev–Trinajstić information content (AvgIpc) is 3.28. The number of anilines is 1. The number of nitrogens with zero attached hydrogens (tertiary/aromatic N) is 2. The first kappa shape index (κ1) is 25.1. The number of carbonyl (C=O) groups excluding carboxylic acids is 2. The molecule has 0 radical (unpaired) electrons. The topological polar surface area (TPSA) is 99.6 Å². The summed E-state index contributed by atoms with van der Waals surface area (Å²) in [5, 5.41) is 13.4. The smallest absolute Gasteiger partial charge is 0.326 e. The number of hydrogen-bond donors (Lipinski definition) is 2. The van der Waals surface area contributed by atoms with Crippen LogP contribution >= 0.6 is 34.8 Å². The Kier molecular flexibility index (Phi) is 6.74. The van der Waals surface area contributed by atoms with E-state index in [1.54, 1.807) is 4.90 Å². The molecule has 5 rings (SSSR count). The number of pyridine rings is 1. The largest absolute Gasteiger partial charge is 0.480 e. The molecule has 2 heterocycles. The minimum absolute atomic E-state index is 0.0745. The van der Waals surface area contributed by atoms with Crippen LogP contribution in [0.3, 0.4) is 0 Å². The number of benzene rings is 1. The number of aromatic nitrogens is 1. The van der Waals surface area contributed by atoms with Crippen molar-refractivity contribution in [1.82, 2.24) is 10.3 Å². The third-order valence-electron chi connectivity index (χ3n) is 7.39. The van der Waals surface area contributed by atoms with E-state index in [2.05, 4.69) is 10.3 Å². The molecule has 1 aliphatic heterocycles. The van der Waals surface area contributed by atoms with Gasteiger partial charge in [-0.3, -0.25) is 9.59 Å². The second-order valence-electron chi connectivity index (χ2n) is 9.57. The molecular weight excluding hydrogens is 525 g/mol. The molecular formula is C26H24Cl3N3O4. The summed E-state index contributed by atoms with van der Waals surface area (Å²) in [7, 11) is 0. The Labute approximate surface area is 223 Å². The first-order valence-electron chi connectivity index (χ1n) is 11.9. The summed E-state index contributed by atoms with van der Waals surface area (Å²) in [5.74, 6) is -1.32. The zero-order chi connectivity index (χ0) is 25.6. The van der Waals surface area contributed by atoms with Crippen LogP contribution in [0.15, 0.2) is 41.1 Å². The highest BCUT2D eigenvalue weighted by atomic mass is 35.5. The lowest BCUT2D eigenvalue weighted by Crippen LogP contribution is -2.53. The van der Waals surface area contributed by atoms with Crippen molar-refractivity contribution in [1.29, 1.82) is 0 Å². The van der Waals surface area contributed by atoms with E-state index in [9.17, 15) is 19.5 Å². The van der Waals surface area contributed by atoms with Crippen molar-refractivity contribution >= 4 is 58.1 Å². The number of halogens is 3. The summed E-state index contributed by atoms with van der Waals surface area (Å²) in [6.07, 6.45) is 5.18. The summed E-state index contributed by atoms with van der Waals surface area (Å²) in [6.45, 7) is 0.489. The Hall–Kier alpha value is -2.61. The third-order valence-corrected chi connectivity index (χ3v) is 8.14. The molecule has 1 aromatic carbocycles. The number of rotatable bonds is 6. The Morgan fingerprint density at radius 2 is 1.78 bits per heavy atom. The highest BCUT2D eigenvalue weighted by molar-refractivity contribution is 6.47. The first-order valence-corrected chi connectivity index (χ1v) is 13.0. The lowest BCUT2D eigenvalue weighted by atomic mass is 9.62. The van der Waals surface area contributed by atoms with Crippen molar-refractivity contribution in [2.45, 2.75) is 51.0 Å². The number of Topliss-reactive ketones (excluding diaryl/α,β-unsaturated/α-hetero) is 1. The molecule has 2 N–H and O–H groups in total. The normalized spacial score (nSPS) is 19.2. The van der Waals surface area contributed by atoms with Crippen LogP contribution in [0.25, 0.3) is 0 Å². The number of aliphatic carboxylic acids is 1. The molecule has 7 nitrogen and oxygen atoms in total. The van der Waals surface area contributed by atoms with Crippen molar-refractivity contribution < 1.29 is 19.5 Å². The molecule has 1 fully saturated rings. The summed E-state index contributed by atoms with van der Waals surface area (Å²) in [4.78, 5) is 43.3. The molecule has 2 aromatic rings. The van der Waals surface area contributed by atoms with Gasteiger partial charge in [0.15, 0.2) is 5.78 Å². The highest BCUT2D eigenvalue weighted by Crippen LogP contribution is 2.53. The van der Waals surface area contributed by atoms with Gasteiger partial charge in [0.25, 0.3) is 5.91 Å². The van der Waals surface area contributed by atoms with Crippen LogP contribution < -0.4 is 10.2 Å². The summed E-state index contributed by atoms with van der Waals surface area (Å²) in [5.41, 5.74) is 2.82. The molecule has 2 aliphatic carbocycles. The molecule has 0 saturated heterocycles. The maximum Gasteiger partial charge on any atom is 0.326 e. The van der Waals surface area contributed by atoms with Gasteiger partial charge in [-0.15, -0.1) is 0 Å². The fourth-order valence-corrected chi connectivity index (χ4v) is 6.44. The molecule has 1 spiro atoms. The van der Waals surface area contributed by atoms with Gasteiger partial charge in [0, 0.05) is 29.9 Å². The Bertz CT molecular complexity index is 1280. The number of carbonyl (C=O) groups is 3. The number of carboxylic acid groups (broad SMARTS) is 1. The minimum Gasteiger partial charge on any atom is -0.480 e. The molecule has 1 atom stereocenters. The number of carboxylic acids is 1. The number of allylic oxidation sites excluding steroid dienone is 2. The Balaban J connectivity index is 1.34. The quantitative estimate of drug-likeness (QED) is 0.484. The van der Waals surface area contributed by atoms with Crippen LogP contribution in [-0.4, -0.2) is 40.3 Å². The van der Waals surface area contributed by atoms with Gasteiger partial charge < -0.3 is 15.3 Å². The fraction of sp³-hybridized carbons (Fsp3) is 0.385. The summed E-state index contributed by atoms with van der Waals surface area (Å²) in [6, 6.07) is 7.63. The van der Waals surface area contributed by atoms with E-state index in [0.717, 1.165) is 36.1 Å². The molecule has 1 unspecified atom stereocenters.